The van der Waals surface area contributed by atoms with E-state index in [-0.39, 0.29) is 11.0 Å². The number of halogens is 1. The molecule has 0 radical (unpaired) electrons. The van der Waals surface area contributed by atoms with E-state index < -0.39 is 12.0 Å². The minimum absolute atomic E-state index is 0.0538. The number of hydrogen-bond donors (Lipinski definition) is 0. The van der Waals surface area contributed by atoms with Crippen molar-refractivity contribution in [3.63, 3.8) is 0 Å². The van der Waals surface area contributed by atoms with Crippen LogP contribution in [0, 0.1) is 0 Å². The van der Waals surface area contributed by atoms with E-state index in [1.807, 2.05) is 30.3 Å². The van der Waals surface area contributed by atoms with Gasteiger partial charge in [-0.25, -0.2) is 9.79 Å². The number of carbonyl (C=O) groups excluding carboxylic acids is 1. The van der Waals surface area contributed by atoms with Crippen molar-refractivity contribution < 1.29 is 9.53 Å². The zero-order chi connectivity index (χ0) is 23.9. The fourth-order valence-electron chi connectivity index (χ4n) is 3.88. The lowest BCUT2D eigenvalue weighted by atomic mass is 9.87. The molecule has 170 valence electrons. The Labute approximate surface area is 201 Å². The van der Waals surface area contributed by atoms with Crippen LogP contribution < -0.4 is 14.9 Å². The van der Waals surface area contributed by atoms with E-state index in [4.69, 9.17) is 16.3 Å². The molecule has 0 saturated heterocycles. The number of allylic oxidation sites excluding steroid dienone is 1. The zero-order valence-corrected chi connectivity index (χ0v) is 20.8. The molecule has 2 aromatic carbocycles. The first kappa shape index (κ1) is 23.2. The number of nitrogens with zero attached hydrogens (tertiary/aromatic N) is 2. The molecule has 0 fully saturated rings. The number of rotatable bonds is 3. The van der Waals surface area contributed by atoms with Crippen LogP contribution in [0.5, 0.6) is 0 Å². The molecule has 0 aliphatic carbocycles. The Morgan fingerprint density at radius 2 is 1.76 bits per heavy atom. The fourth-order valence-corrected chi connectivity index (χ4v) is 5.06. The normalized spacial score (nSPS) is 16.4. The van der Waals surface area contributed by atoms with Crippen LogP contribution in [0.4, 0.5) is 0 Å². The van der Waals surface area contributed by atoms with Crippen molar-refractivity contribution in [2.24, 2.45) is 4.99 Å². The van der Waals surface area contributed by atoms with Crippen molar-refractivity contribution >= 4 is 35.0 Å². The van der Waals surface area contributed by atoms with Gasteiger partial charge in [0.2, 0.25) is 0 Å². The molecule has 2 heterocycles. The van der Waals surface area contributed by atoms with Crippen LogP contribution >= 0.6 is 22.9 Å². The van der Waals surface area contributed by atoms with E-state index in [9.17, 15) is 9.59 Å². The van der Waals surface area contributed by atoms with Crippen LogP contribution in [0.25, 0.3) is 6.08 Å². The number of methoxy groups -OCH3 is 1. The average Bonchev–Trinajstić information content (AvgIpc) is 3.07. The molecule has 5 nitrogen and oxygen atoms in total. The molecule has 4 rings (SSSR count). The number of fused-ring (bicyclic) bond motifs is 1. The summed E-state index contributed by atoms with van der Waals surface area (Å²) in [6.07, 6.45) is 1.87. The number of ether oxygens (including phenoxy) is 1. The van der Waals surface area contributed by atoms with Crippen molar-refractivity contribution in [2.75, 3.05) is 7.11 Å². The molecule has 7 heteroatoms. The fraction of sp³-hybridized carbons (Fsp3) is 0.269. The molecule has 1 aromatic heterocycles. The molecular weight excluding hydrogens is 456 g/mol. The summed E-state index contributed by atoms with van der Waals surface area (Å²) >= 11 is 7.39. The van der Waals surface area contributed by atoms with Crippen LogP contribution in [0.2, 0.25) is 5.02 Å². The molecule has 1 aliphatic rings. The van der Waals surface area contributed by atoms with Gasteiger partial charge in [0.1, 0.15) is 0 Å². The highest BCUT2D eigenvalue weighted by Crippen LogP contribution is 2.31. The van der Waals surface area contributed by atoms with Crippen LogP contribution in [0.1, 0.15) is 50.4 Å². The van der Waals surface area contributed by atoms with Gasteiger partial charge in [-0.15, -0.1) is 0 Å². The largest absolute Gasteiger partial charge is 0.466 e. The van der Waals surface area contributed by atoms with E-state index in [1.54, 1.807) is 23.6 Å². The van der Waals surface area contributed by atoms with Gasteiger partial charge in [-0.1, -0.05) is 80.1 Å². The van der Waals surface area contributed by atoms with Gasteiger partial charge in [0.05, 0.1) is 29.0 Å². The third kappa shape index (κ3) is 4.45. The van der Waals surface area contributed by atoms with E-state index in [0.717, 1.165) is 11.1 Å². The second-order valence-corrected chi connectivity index (χ2v) is 10.4. The van der Waals surface area contributed by atoms with Crippen LogP contribution in [-0.2, 0) is 14.9 Å². The molecule has 1 atom stereocenters. The highest BCUT2D eigenvalue weighted by atomic mass is 35.5. The van der Waals surface area contributed by atoms with Gasteiger partial charge in [0.15, 0.2) is 4.80 Å². The highest BCUT2D eigenvalue weighted by molar-refractivity contribution is 7.07. The number of benzene rings is 2. The van der Waals surface area contributed by atoms with Gasteiger partial charge in [-0.3, -0.25) is 9.36 Å². The average molecular weight is 481 g/mol. The molecule has 1 aliphatic heterocycles. The van der Waals surface area contributed by atoms with Crippen molar-refractivity contribution in [1.29, 1.82) is 0 Å². The van der Waals surface area contributed by atoms with Gasteiger partial charge in [-0.2, -0.15) is 0 Å². The Balaban J connectivity index is 1.89. The number of thiazole rings is 1. The monoisotopic (exact) mass is 480 g/mol. The molecule has 0 bridgehead atoms. The first-order valence-electron chi connectivity index (χ1n) is 10.6. The molecule has 33 heavy (non-hydrogen) atoms. The maximum Gasteiger partial charge on any atom is 0.338 e. The third-order valence-corrected chi connectivity index (χ3v) is 6.92. The first-order valence-corrected chi connectivity index (χ1v) is 11.8. The van der Waals surface area contributed by atoms with Crippen LogP contribution in [0.15, 0.2) is 69.6 Å². The summed E-state index contributed by atoms with van der Waals surface area (Å²) < 4.78 is 7.15. The zero-order valence-electron chi connectivity index (χ0n) is 19.2. The molecular formula is C26H25ClN2O3S. The smallest absolute Gasteiger partial charge is 0.338 e. The second-order valence-electron chi connectivity index (χ2n) is 9.00. The Bertz CT molecular complexity index is 1420. The topological polar surface area (TPSA) is 60.7 Å². The summed E-state index contributed by atoms with van der Waals surface area (Å²) in [4.78, 5) is 31.3. The van der Waals surface area contributed by atoms with Crippen LogP contribution in [-0.4, -0.2) is 17.6 Å². The van der Waals surface area contributed by atoms with Crippen molar-refractivity contribution in [2.45, 2.75) is 39.2 Å². The van der Waals surface area contributed by atoms with E-state index in [2.05, 4.69) is 37.9 Å². The van der Waals surface area contributed by atoms with E-state index in [0.29, 0.717) is 25.6 Å². The lowest BCUT2D eigenvalue weighted by Gasteiger charge is -2.24. The summed E-state index contributed by atoms with van der Waals surface area (Å²) in [6.45, 7) is 8.26. The third-order valence-electron chi connectivity index (χ3n) is 5.69. The molecule has 0 unspecified atom stereocenters. The predicted octanol–water partition coefficient (Wildman–Crippen LogP) is 4.36. The SMILES string of the molecule is COC(=O)C1=C(C)N=c2s/c(=C/c3ccc(C(C)(C)C)cc3)c(=O)n2[C@@H]1c1ccc(Cl)cc1. The van der Waals surface area contributed by atoms with E-state index in [1.165, 1.54) is 24.0 Å². The van der Waals surface area contributed by atoms with Crippen LogP contribution in [0.3, 0.4) is 0 Å². The van der Waals surface area contributed by atoms with Crippen molar-refractivity contribution in [3.8, 4) is 0 Å². The quantitative estimate of drug-likeness (QED) is 0.523. The lowest BCUT2D eigenvalue weighted by Crippen LogP contribution is -2.39. The van der Waals surface area contributed by atoms with Gasteiger partial charge < -0.3 is 4.74 Å². The molecule has 0 N–H and O–H groups in total. The molecule has 3 aromatic rings. The second kappa shape index (κ2) is 8.76. The number of carbonyl (C=O) groups is 1. The summed E-state index contributed by atoms with van der Waals surface area (Å²) in [6, 6.07) is 14.7. The lowest BCUT2D eigenvalue weighted by molar-refractivity contribution is -0.136. The molecule has 0 saturated carbocycles. The Morgan fingerprint density at radius 1 is 1.12 bits per heavy atom. The Hall–Kier alpha value is -2.96. The number of aromatic nitrogens is 1. The minimum Gasteiger partial charge on any atom is -0.466 e. The first-order chi connectivity index (χ1) is 15.6. The number of hydrogen-bond acceptors (Lipinski definition) is 5. The minimum atomic E-state index is -0.642. The molecule has 0 spiro atoms. The predicted molar refractivity (Wildman–Crippen MR) is 132 cm³/mol. The number of esters is 1. The van der Waals surface area contributed by atoms with Gasteiger partial charge in [0, 0.05) is 5.02 Å². The summed E-state index contributed by atoms with van der Waals surface area (Å²) in [5, 5.41) is 0.574. The Kier molecular flexibility index (Phi) is 6.16. The Morgan fingerprint density at radius 3 is 2.33 bits per heavy atom. The summed E-state index contributed by atoms with van der Waals surface area (Å²) in [5.74, 6) is -0.511. The van der Waals surface area contributed by atoms with Crippen molar-refractivity contribution in [3.05, 3.63) is 101 Å². The summed E-state index contributed by atoms with van der Waals surface area (Å²) in [7, 11) is 1.33. The van der Waals surface area contributed by atoms with E-state index >= 15 is 0 Å². The van der Waals surface area contributed by atoms with Gasteiger partial charge in [-0.05, 0) is 47.2 Å². The summed E-state index contributed by atoms with van der Waals surface area (Å²) in [5.41, 5.74) is 3.64. The van der Waals surface area contributed by atoms with Gasteiger partial charge in [0.25, 0.3) is 5.56 Å². The van der Waals surface area contributed by atoms with Gasteiger partial charge >= 0.3 is 5.97 Å². The maximum atomic E-state index is 13.5. The maximum absolute atomic E-state index is 13.5. The van der Waals surface area contributed by atoms with Crippen molar-refractivity contribution in [1.82, 2.24) is 4.57 Å². The standard InChI is InChI=1S/C26H25ClN2O3S/c1-15-21(24(31)32-5)22(17-8-12-19(27)13-9-17)29-23(30)20(33-25(29)28-15)14-16-6-10-18(11-7-16)26(2,3)4/h6-14,22H,1-5H3/b20-14+/t22-/m1/s1. The molecule has 0 amide bonds. The highest BCUT2D eigenvalue weighted by Gasteiger charge is 2.33.